The second-order valence-electron chi connectivity index (χ2n) is 6.24. The Kier molecular flexibility index (Phi) is 4.71. The number of nitrogens with zero attached hydrogens (tertiary/aromatic N) is 1. The van der Waals surface area contributed by atoms with E-state index in [1.165, 1.54) is 0 Å². The molecule has 5 heteroatoms. The summed E-state index contributed by atoms with van der Waals surface area (Å²) >= 11 is 0. The summed E-state index contributed by atoms with van der Waals surface area (Å²) in [5.41, 5.74) is 2.86. The topological polar surface area (TPSA) is 58.6 Å². The fourth-order valence-electron chi connectivity index (χ4n) is 2.79. The minimum absolute atomic E-state index is 0.00712. The summed E-state index contributed by atoms with van der Waals surface area (Å²) in [7, 11) is 3.93. The third kappa shape index (κ3) is 3.51. The van der Waals surface area contributed by atoms with E-state index in [9.17, 15) is 4.79 Å². The largest absolute Gasteiger partial charge is 0.468 e. The third-order valence-corrected chi connectivity index (χ3v) is 4.15. The highest BCUT2D eigenvalue weighted by Crippen LogP contribution is 2.23. The molecule has 2 aromatic heterocycles. The Balaban J connectivity index is 1.64. The molecule has 0 saturated heterocycles. The van der Waals surface area contributed by atoms with Gasteiger partial charge in [-0.3, -0.25) is 9.69 Å². The number of carbonyl (C=O) groups is 1. The molecular formula is C19H22N2O3. The SMILES string of the molecule is Cc1ccc2c(CC(=O)NCC(c3ccco3)N(C)C)coc2c1. The first kappa shape index (κ1) is 16.3. The third-order valence-electron chi connectivity index (χ3n) is 4.15. The molecule has 126 valence electrons. The molecule has 3 rings (SSSR count). The summed E-state index contributed by atoms with van der Waals surface area (Å²) in [5.74, 6) is 0.807. The smallest absolute Gasteiger partial charge is 0.224 e. The number of fused-ring (bicyclic) bond motifs is 1. The minimum Gasteiger partial charge on any atom is -0.468 e. The molecule has 0 aliphatic carbocycles. The average molecular weight is 326 g/mol. The second-order valence-corrected chi connectivity index (χ2v) is 6.24. The van der Waals surface area contributed by atoms with Crippen LogP contribution in [0, 0.1) is 6.92 Å². The van der Waals surface area contributed by atoms with Crippen molar-refractivity contribution in [3.8, 4) is 0 Å². The van der Waals surface area contributed by atoms with Crippen LogP contribution in [-0.2, 0) is 11.2 Å². The van der Waals surface area contributed by atoms with Crippen LogP contribution in [0.4, 0.5) is 0 Å². The van der Waals surface area contributed by atoms with Crippen LogP contribution >= 0.6 is 0 Å². The van der Waals surface area contributed by atoms with Gasteiger partial charge < -0.3 is 14.2 Å². The Bertz CT molecular complexity index is 818. The normalized spacial score (nSPS) is 12.7. The molecule has 1 unspecified atom stereocenters. The monoisotopic (exact) mass is 326 g/mol. The highest BCUT2D eigenvalue weighted by Gasteiger charge is 2.18. The van der Waals surface area contributed by atoms with Gasteiger partial charge in [0.05, 0.1) is 25.0 Å². The van der Waals surface area contributed by atoms with Crippen LogP contribution in [0.2, 0.25) is 0 Å². The molecular weight excluding hydrogens is 304 g/mol. The van der Waals surface area contributed by atoms with Gasteiger partial charge in [0, 0.05) is 17.5 Å². The Morgan fingerprint density at radius 2 is 2.08 bits per heavy atom. The molecule has 0 aliphatic heterocycles. The highest BCUT2D eigenvalue weighted by molar-refractivity contribution is 5.87. The first-order valence-corrected chi connectivity index (χ1v) is 7.98. The lowest BCUT2D eigenvalue weighted by Gasteiger charge is -2.22. The molecule has 2 heterocycles. The van der Waals surface area contributed by atoms with Crippen molar-refractivity contribution in [2.75, 3.05) is 20.6 Å². The van der Waals surface area contributed by atoms with Gasteiger partial charge in [0.15, 0.2) is 0 Å². The molecule has 0 saturated carbocycles. The summed E-state index contributed by atoms with van der Waals surface area (Å²) in [4.78, 5) is 14.3. The molecule has 0 aliphatic rings. The van der Waals surface area contributed by atoms with Gasteiger partial charge in [0.25, 0.3) is 0 Å². The predicted octanol–water partition coefficient (Wildman–Crippen LogP) is 3.30. The second kappa shape index (κ2) is 6.93. The summed E-state index contributed by atoms with van der Waals surface area (Å²) in [6.07, 6.45) is 3.61. The van der Waals surface area contributed by atoms with Gasteiger partial charge in [-0.05, 0) is 44.8 Å². The summed E-state index contributed by atoms with van der Waals surface area (Å²) in [6.45, 7) is 2.51. The van der Waals surface area contributed by atoms with E-state index in [0.29, 0.717) is 13.0 Å². The quantitative estimate of drug-likeness (QED) is 0.755. The number of hydrogen-bond donors (Lipinski definition) is 1. The van der Waals surface area contributed by atoms with Crippen molar-refractivity contribution in [2.45, 2.75) is 19.4 Å². The number of amides is 1. The molecule has 0 radical (unpaired) electrons. The van der Waals surface area contributed by atoms with Crippen molar-refractivity contribution in [1.82, 2.24) is 10.2 Å². The van der Waals surface area contributed by atoms with Gasteiger partial charge in [-0.2, -0.15) is 0 Å². The van der Waals surface area contributed by atoms with E-state index in [2.05, 4.69) is 5.32 Å². The molecule has 1 aromatic carbocycles. The standard InChI is InChI=1S/C19H22N2O3/c1-13-6-7-15-14(12-24-18(15)9-13)10-19(22)20-11-16(21(2)3)17-5-4-8-23-17/h4-9,12,16H,10-11H2,1-3H3,(H,20,22). The Hall–Kier alpha value is -2.53. The molecule has 5 nitrogen and oxygen atoms in total. The van der Waals surface area contributed by atoms with Crippen molar-refractivity contribution in [3.05, 3.63) is 59.7 Å². The predicted molar refractivity (Wildman–Crippen MR) is 92.8 cm³/mol. The molecule has 0 spiro atoms. The van der Waals surface area contributed by atoms with Gasteiger partial charge in [-0.15, -0.1) is 0 Å². The van der Waals surface area contributed by atoms with Crippen LogP contribution in [0.1, 0.15) is 22.9 Å². The van der Waals surface area contributed by atoms with E-state index in [0.717, 1.165) is 27.9 Å². The van der Waals surface area contributed by atoms with Gasteiger partial charge >= 0.3 is 0 Å². The van der Waals surface area contributed by atoms with Crippen LogP contribution in [0.5, 0.6) is 0 Å². The fraction of sp³-hybridized carbons (Fsp3) is 0.316. The Morgan fingerprint density at radius 1 is 1.25 bits per heavy atom. The van der Waals surface area contributed by atoms with Crippen LogP contribution in [0.3, 0.4) is 0 Å². The Morgan fingerprint density at radius 3 is 2.79 bits per heavy atom. The molecule has 1 atom stereocenters. The summed E-state index contributed by atoms with van der Waals surface area (Å²) < 4.78 is 11.0. The average Bonchev–Trinajstić information content (AvgIpc) is 3.17. The van der Waals surface area contributed by atoms with Gasteiger partial charge in [-0.25, -0.2) is 0 Å². The van der Waals surface area contributed by atoms with Crippen LogP contribution in [0.25, 0.3) is 11.0 Å². The number of furan rings is 2. The van der Waals surface area contributed by atoms with Gasteiger partial charge in [0.1, 0.15) is 11.3 Å². The molecule has 3 aromatic rings. The maximum atomic E-state index is 12.3. The first-order valence-electron chi connectivity index (χ1n) is 7.98. The van der Waals surface area contributed by atoms with E-state index in [-0.39, 0.29) is 11.9 Å². The lowest BCUT2D eigenvalue weighted by molar-refractivity contribution is -0.120. The van der Waals surface area contributed by atoms with Crippen LogP contribution in [0.15, 0.2) is 51.7 Å². The van der Waals surface area contributed by atoms with Gasteiger partial charge in [0.2, 0.25) is 5.91 Å². The number of aryl methyl sites for hydroxylation is 1. The van der Waals surface area contributed by atoms with Crippen LogP contribution in [-0.4, -0.2) is 31.4 Å². The number of hydrogen-bond acceptors (Lipinski definition) is 4. The van der Waals surface area contributed by atoms with Gasteiger partial charge in [-0.1, -0.05) is 12.1 Å². The minimum atomic E-state index is -0.0309. The summed E-state index contributed by atoms with van der Waals surface area (Å²) in [5, 5.41) is 3.98. The van der Waals surface area contributed by atoms with Crippen molar-refractivity contribution in [3.63, 3.8) is 0 Å². The highest BCUT2D eigenvalue weighted by atomic mass is 16.3. The fourth-order valence-corrected chi connectivity index (χ4v) is 2.79. The molecule has 0 bridgehead atoms. The zero-order valence-electron chi connectivity index (χ0n) is 14.2. The number of rotatable bonds is 6. The zero-order chi connectivity index (χ0) is 17.1. The van der Waals surface area contributed by atoms with E-state index in [4.69, 9.17) is 8.83 Å². The van der Waals surface area contributed by atoms with Crippen LogP contribution < -0.4 is 5.32 Å². The van der Waals surface area contributed by atoms with Crippen molar-refractivity contribution < 1.29 is 13.6 Å². The number of carbonyl (C=O) groups excluding carboxylic acids is 1. The zero-order valence-corrected chi connectivity index (χ0v) is 14.2. The molecule has 1 N–H and O–H groups in total. The van der Waals surface area contributed by atoms with E-state index < -0.39 is 0 Å². The number of likely N-dealkylation sites (N-methyl/N-ethyl adjacent to an activating group) is 1. The maximum Gasteiger partial charge on any atom is 0.224 e. The number of benzene rings is 1. The number of nitrogens with one attached hydrogen (secondary N) is 1. The van der Waals surface area contributed by atoms with E-state index in [1.54, 1.807) is 12.5 Å². The molecule has 1 amide bonds. The first-order chi connectivity index (χ1) is 11.5. The lowest BCUT2D eigenvalue weighted by atomic mass is 10.1. The van der Waals surface area contributed by atoms with E-state index >= 15 is 0 Å². The van der Waals surface area contributed by atoms with Crippen molar-refractivity contribution in [2.24, 2.45) is 0 Å². The van der Waals surface area contributed by atoms with E-state index in [1.807, 2.05) is 56.3 Å². The van der Waals surface area contributed by atoms with Crippen molar-refractivity contribution in [1.29, 1.82) is 0 Å². The Labute approximate surface area is 141 Å². The molecule has 24 heavy (non-hydrogen) atoms. The molecule has 0 fully saturated rings. The lowest BCUT2D eigenvalue weighted by Crippen LogP contribution is -2.35. The summed E-state index contributed by atoms with van der Waals surface area (Å²) in [6, 6.07) is 9.79. The maximum absolute atomic E-state index is 12.3. The van der Waals surface area contributed by atoms with Crippen molar-refractivity contribution >= 4 is 16.9 Å².